The van der Waals surface area contributed by atoms with E-state index in [0.717, 1.165) is 10.0 Å². The van der Waals surface area contributed by atoms with Crippen LogP contribution in [0.25, 0.3) is 0 Å². The molecule has 0 aliphatic heterocycles. The molecule has 0 aliphatic rings. The number of rotatable bonds is 7. The third-order valence-corrected chi connectivity index (χ3v) is 4.37. The molecule has 0 amide bonds. The number of esters is 1. The van der Waals surface area contributed by atoms with Gasteiger partial charge in [0.05, 0.1) is 5.56 Å². The van der Waals surface area contributed by atoms with Crippen molar-refractivity contribution in [1.82, 2.24) is 0 Å². The molecule has 4 nitrogen and oxygen atoms in total. The Hall–Kier alpha value is -2.92. The van der Waals surface area contributed by atoms with Crippen molar-refractivity contribution in [1.29, 1.82) is 0 Å². The molecule has 0 aromatic heterocycles. The molecule has 0 heterocycles. The number of ketones is 1. The fraction of sp³-hybridized carbons (Fsp3) is 0.0909. The quantitative estimate of drug-likeness (QED) is 0.392. The van der Waals surface area contributed by atoms with E-state index in [-0.39, 0.29) is 12.4 Å². The van der Waals surface area contributed by atoms with Gasteiger partial charge in [-0.05, 0) is 42.0 Å². The minimum atomic E-state index is -0.546. The highest BCUT2D eigenvalue weighted by Gasteiger charge is 2.12. The highest BCUT2D eigenvalue weighted by molar-refractivity contribution is 9.10. The molecule has 0 fully saturated rings. The van der Waals surface area contributed by atoms with Crippen molar-refractivity contribution in [3.8, 4) is 5.75 Å². The Labute approximate surface area is 165 Å². The van der Waals surface area contributed by atoms with Gasteiger partial charge >= 0.3 is 5.97 Å². The number of benzene rings is 3. The van der Waals surface area contributed by atoms with Crippen LogP contribution >= 0.6 is 15.9 Å². The van der Waals surface area contributed by atoms with Crippen LogP contribution in [0.3, 0.4) is 0 Å². The Morgan fingerprint density at radius 3 is 2.07 bits per heavy atom. The molecule has 3 aromatic carbocycles. The lowest BCUT2D eigenvalue weighted by Gasteiger charge is -2.08. The van der Waals surface area contributed by atoms with Gasteiger partial charge in [-0.25, -0.2) is 4.79 Å². The summed E-state index contributed by atoms with van der Waals surface area (Å²) in [6.07, 6.45) is 0. The smallest absolute Gasteiger partial charge is 0.338 e. The first kappa shape index (κ1) is 18.9. The molecule has 27 heavy (non-hydrogen) atoms. The average molecular weight is 425 g/mol. The van der Waals surface area contributed by atoms with Crippen LogP contribution in [-0.4, -0.2) is 18.4 Å². The molecule has 0 atom stereocenters. The highest BCUT2D eigenvalue weighted by Crippen LogP contribution is 2.15. The number of hydrogen-bond acceptors (Lipinski definition) is 4. The molecule has 3 rings (SSSR count). The summed E-state index contributed by atoms with van der Waals surface area (Å²) in [5.74, 6) is -0.143. The molecule has 0 radical (unpaired) electrons. The van der Waals surface area contributed by atoms with Crippen molar-refractivity contribution in [2.75, 3.05) is 6.61 Å². The van der Waals surface area contributed by atoms with Crippen molar-refractivity contribution in [2.45, 2.75) is 6.61 Å². The highest BCUT2D eigenvalue weighted by atomic mass is 79.9. The summed E-state index contributed by atoms with van der Waals surface area (Å²) < 4.78 is 11.7. The van der Waals surface area contributed by atoms with Crippen LogP contribution in [-0.2, 0) is 11.3 Å². The molecule has 0 unspecified atom stereocenters. The number of Topliss-reactive ketones (excluding diaryl/α,β-unsaturated/α-hetero) is 1. The third-order valence-electron chi connectivity index (χ3n) is 3.84. The molecular formula is C22H17BrO4. The lowest BCUT2D eigenvalue weighted by atomic mass is 10.1. The van der Waals surface area contributed by atoms with Crippen LogP contribution in [0.2, 0.25) is 0 Å². The van der Waals surface area contributed by atoms with Crippen LogP contribution in [0, 0.1) is 0 Å². The summed E-state index contributed by atoms with van der Waals surface area (Å²) in [6, 6.07) is 23.4. The molecule has 0 saturated carbocycles. The Morgan fingerprint density at radius 2 is 1.41 bits per heavy atom. The first-order valence-corrected chi connectivity index (χ1v) is 9.14. The Kier molecular flexibility index (Phi) is 6.39. The van der Waals surface area contributed by atoms with Gasteiger partial charge in [0.2, 0.25) is 0 Å². The minimum Gasteiger partial charge on any atom is -0.489 e. The third kappa shape index (κ3) is 5.53. The van der Waals surface area contributed by atoms with Crippen molar-refractivity contribution < 1.29 is 19.1 Å². The van der Waals surface area contributed by atoms with E-state index in [1.54, 1.807) is 48.5 Å². The molecule has 0 aliphatic carbocycles. The number of hydrogen-bond donors (Lipinski definition) is 0. The Balaban J connectivity index is 1.51. The molecule has 136 valence electrons. The molecule has 0 saturated heterocycles. The van der Waals surface area contributed by atoms with Crippen LogP contribution in [0.4, 0.5) is 0 Å². The van der Waals surface area contributed by atoms with Gasteiger partial charge in [0.15, 0.2) is 12.4 Å². The van der Waals surface area contributed by atoms with Crippen molar-refractivity contribution in [3.63, 3.8) is 0 Å². The lowest BCUT2D eigenvalue weighted by Crippen LogP contribution is -2.14. The topological polar surface area (TPSA) is 52.6 Å². The minimum absolute atomic E-state index is 0.251. The molecule has 3 aromatic rings. The van der Waals surface area contributed by atoms with Gasteiger partial charge in [-0.1, -0.05) is 58.4 Å². The van der Waals surface area contributed by atoms with E-state index >= 15 is 0 Å². The van der Waals surface area contributed by atoms with Gasteiger partial charge in [0, 0.05) is 10.0 Å². The zero-order valence-electron chi connectivity index (χ0n) is 14.4. The molecule has 0 bridgehead atoms. The van der Waals surface area contributed by atoms with Crippen molar-refractivity contribution in [2.24, 2.45) is 0 Å². The number of carbonyl (C=O) groups is 2. The van der Waals surface area contributed by atoms with Crippen molar-refractivity contribution >= 4 is 27.7 Å². The monoisotopic (exact) mass is 424 g/mol. The van der Waals surface area contributed by atoms with E-state index in [0.29, 0.717) is 23.5 Å². The molecule has 0 spiro atoms. The van der Waals surface area contributed by atoms with Crippen LogP contribution in [0.1, 0.15) is 26.3 Å². The fourth-order valence-corrected chi connectivity index (χ4v) is 2.63. The maximum Gasteiger partial charge on any atom is 0.338 e. The molecular weight excluding hydrogens is 408 g/mol. The fourth-order valence-electron chi connectivity index (χ4n) is 2.36. The number of ether oxygens (including phenoxy) is 2. The number of halogens is 1. The van der Waals surface area contributed by atoms with Crippen LogP contribution in [0.5, 0.6) is 5.75 Å². The Bertz CT molecular complexity index is 903. The second-order valence-corrected chi connectivity index (χ2v) is 6.72. The van der Waals surface area contributed by atoms with E-state index in [2.05, 4.69) is 15.9 Å². The second-order valence-electron chi connectivity index (χ2n) is 5.80. The van der Waals surface area contributed by atoms with Crippen LogP contribution in [0.15, 0.2) is 83.3 Å². The second kappa shape index (κ2) is 9.14. The first-order valence-electron chi connectivity index (χ1n) is 8.34. The van der Waals surface area contributed by atoms with E-state index in [9.17, 15) is 9.59 Å². The zero-order chi connectivity index (χ0) is 19.1. The number of carbonyl (C=O) groups excluding carboxylic acids is 2. The summed E-state index contributed by atoms with van der Waals surface area (Å²) in [5, 5.41) is 0. The van der Waals surface area contributed by atoms with Gasteiger partial charge in [-0.15, -0.1) is 0 Å². The summed E-state index contributed by atoms with van der Waals surface area (Å²) in [4.78, 5) is 24.2. The zero-order valence-corrected chi connectivity index (χ0v) is 16.0. The van der Waals surface area contributed by atoms with E-state index < -0.39 is 5.97 Å². The first-order chi connectivity index (χ1) is 13.1. The lowest BCUT2D eigenvalue weighted by molar-refractivity contribution is 0.0474. The Morgan fingerprint density at radius 1 is 0.778 bits per heavy atom. The van der Waals surface area contributed by atoms with Gasteiger partial charge in [-0.2, -0.15) is 0 Å². The van der Waals surface area contributed by atoms with E-state index in [1.165, 1.54) is 0 Å². The molecule has 0 N–H and O–H groups in total. The summed E-state index contributed by atoms with van der Waals surface area (Å²) >= 11 is 3.31. The summed E-state index contributed by atoms with van der Waals surface area (Å²) in [5.41, 5.74) is 1.92. The van der Waals surface area contributed by atoms with Crippen molar-refractivity contribution in [3.05, 3.63) is 100 Å². The van der Waals surface area contributed by atoms with Gasteiger partial charge < -0.3 is 9.47 Å². The predicted molar refractivity (Wildman–Crippen MR) is 106 cm³/mol. The standard InChI is InChI=1S/C22H17BrO4/c23-19-10-6-17(7-11-19)21(24)15-27-22(25)18-8-12-20(13-9-18)26-14-16-4-2-1-3-5-16/h1-13H,14-15H2. The van der Waals surface area contributed by atoms with Gasteiger partial charge in [0.25, 0.3) is 0 Å². The summed E-state index contributed by atoms with van der Waals surface area (Å²) in [7, 11) is 0. The van der Waals surface area contributed by atoms with E-state index in [1.807, 2.05) is 30.3 Å². The SMILES string of the molecule is O=C(COC(=O)c1ccc(OCc2ccccc2)cc1)c1ccc(Br)cc1. The van der Waals surface area contributed by atoms with Crippen LogP contribution < -0.4 is 4.74 Å². The maximum absolute atomic E-state index is 12.1. The summed E-state index contributed by atoms with van der Waals surface area (Å²) in [6.45, 7) is 0.152. The largest absolute Gasteiger partial charge is 0.489 e. The average Bonchev–Trinajstić information content (AvgIpc) is 2.72. The normalized spacial score (nSPS) is 10.3. The predicted octanol–water partition coefficient (Wildman–Crippen LogP) is 5.07. The molecule has 5 heteroatoms. The maximum atomic E-state index is 12.1. The van der Waals surface area contributed by atoms with Gasteiger partial charge in [-0.3, -0.25) is 4.79 Å². The van der Waals surface area contributed by atoms with E-state index in [4.69, 9.17) is 9.47 Å². The van der Waals surface area contributed by atoms with Gasteiger partial charge in [0.1, 0.15) is 12.4 Å².